The molecule has 2 saturated carbocycles. The minimum atomic E-state index is -0.323. The zero-order valence-electron chi connectivity index (χ0n) is 31.7. The predicted molar refractivity (Wildman–Crippen MR) is 201 cm³/mol. The number of ether oxygens (including phenoxy) is 2. The van der Waals surface area contributed by atoms with E-state index in [0.717, 1.165) is 125 Å². The van der Waals surface area contributed by atoms with Gasteiger partial charge in [-0.1, -0.05) is 90.9 Å². The van der Waals surface area contributed by atoms with Gasteiger partial charge in [-0.3, -0.25) is 9.59 Å². The van der Waals surface area contributed by atoms with Gasteiger partial charge in [-0.25, -0.2) is 8.78 Å². The molecule has 0 aromatic heterocycles. The van der Waals surface area contributed by atoms with E-state index in [2.05, 4.69) is 13.8 Å². The van der Waals surface area contributed by atoms with Gasteiger partial charge in [-0.2, -0.15) is 0 Å². The third-order valence-electron chi connectivity index (χ3n) is 13.5. The Kier molecular flexibility index (Phi) is 12.8. The van der Waals surface area contributed by atoms with E-state index < -0.39 is 0 Å². The molecule has 4 aliphatic carbocycles. The molecule has 4 bridgehead atoms. The predicted octanol–water partition coefficient (Wildman–Crippen LogP) is 9.82. The number of nitrogens with two attached hydrogens (primary N) is 2. The van der Waals surface area contributed by atoms with Crippen molar-refractivity contribution in [3.8, 4) is 11.5 Å². The summed E-state index contributed by atoms with van der Waals surface area (Å²) >= 11 is 0. The minimum Gasteiger partial charge on any atom is -0.426 e. The summed E-state index contributed by atoms with van der Waals surface area (Å²) in [7, 11) is 0. The molecule has 0 spiro atoms. The van der Waals surface area contributed by atoms with Crippen LogP contribution < -0.4 is 20.9 Å². The van der Waals surface area contributed by atoms with Crippen LogP contribution in [0.5, 0.6) is 11.5 Å². The van der Waals surface area contributed by atoms with Crippen molar-refractivity contribution in [1.29, 1.82) is 0 Å². The second-order valence-electron chi connectivity index (χ2n) is 17.2. The van der Waals surface area contributed by atoms with Gasteiger partial charge in [0.1, 0.15) is 23.1 Å². The summed E-state index contributed by atoms with van der Waals surface area (Å²) < 4.78 is 41.9. The molecular weight excluding hydrogens is 658 g/mol. The molecule has 0 saturated heterocycles. The Balaban J connectivity index is 0.863. The van der Waals surface area contributed by atoms with Crippen LogP contribution in [0, 0.1) is 23.5 Å². The Morgan fingerprint density at radius 3 is 1.40 bits per heavy atom. The van der Waals surface area contributed by atoms with Crippen LogP contribution in [0.4, 0.5) is 8.78 Å². The van der Waals surface area contributed by atoms with Crippen molar-refractivity contribution in [2.45, 2.75) is 178 Å². The molecule has 2 aromatic carbocycles. The quantitative estimate of drug-likeness (QED) is 0.121. The van der Waals surface area contributed by atoms with E-state index in [0.29, 0.717) is 49.0 Å². The van der Waals surface area contributed by atoms with E-state index in [1.54, 1.807) is 0 Å². The third kappa shape index (κ3) is 8.59. The van der Waals surface area contributed by atoms with Crippen molar-refractivity contribution in [3.63, 3.8) is 0 Å². The van der Waals surface area contributed by atoms with Gasteiger partial charge in [0.15, 0.2) is 0 Å². The highest BCUT2D eigenvalue weighted by Gasteiger charge is 2.46. The van der Waals surface area contributed by atoms with Crippen LogP contribution in [0.2, 0.25) is 0 Å². The molecule has 0 amide bonds. The zero-order valence-corrected chi connectivity index (χ0v) is 31.7. The van der Waals surface area contributed by atoms with Crippen LogP contribution in [0.25, 0.3) is 0 Å². The highest BCUT2D eigenvalue weighted by Crippen LogP contribution is 2.49. The topological polar surface area (TPSA) is 105 Å². The minimum absolute atomic E-state index is 0.0158. The van der Waals surface area contributed by atoms with Crippen molar-refractivity contribution in [1.82, 2.24) is 0 Å². The number of unbranched alkanes of at least 4 members (excludes halogenated alkanes) is 7. The number of benzene rings is 2. The normalized spacial score (nSPS) is 28.3. The number of carbonyl (C=O) groups is 2. The summed E-state index contributed by atoms with van der Waals surface area (Å²) in [4.78, 5) is 25.3. The lowest BCUT2D eigenvalue weighted by molar-refractivity contribution is -0.135. The molecule has 0 heterocycles. The molecule has 286 valence electrons. The molecule has 8 heteroatoms. The van der Waals surface area contributed by atoms with Gasteiger partial charge in [-0.15, -0.1) is 0 Å². The number of esters is 2. The fraction of sp³-hybridized carbons (Fsp3) is 0.682. The Morgan fingerprint density at radius 2 is 1.00 bits per heavy atom. The average Bonchev–Trinajstić information content (AvgIpc) is 3.10. The summed E-state index contributed by atoms with van der Waals surface area (Å²) in [6.07, 6.45) is 20.2. The smallest absolute Gasteiger partial charge is 0.311 e. The van der Waals surface area contributed by atoms with Crippen molar-refractivity contribution in [3.05, 3.63) is 58.2 Å². The number of halogens is 2. The lowest BCUT2D eigenvalue weighted by Gasteiger charge is -2.47. The van der Waals surface area contributed by atoms with Crippen LogP contribution in [0.15, 0.2) is 24.3 Å². The Labute approximate surface area is 310 Å². The van der Waals surface area contributed by atoms with Crippen LogP contribution in [0.3, 0.4) is 0 Å². The zero-order chi connectivity index (χ0) is 36.9. The van der Waals surface area contributed by atoms with E-state index >= 15 is 8.78 Å². The number of hydrogen-bond donors (Lipinski definition) is 2. The molecule has 52 heavy (non-hydrogen) atoms. The molecule has 2 fully saturated rings. The molecule has 6 nitrogen and oxygen atoms in total. The largest absolute Gasteiger partial charge is 0.426 e. The summed E-state index contributed by atoms with van der Waals surface area (Å²) in [5, 5.41) is 0. The molecular formula is C44H62F2N2O4. The highest BCUT2D eigenvalue weighted by atomic mass is 19.1. The van der Waals surface area contributed by atoms with Gasteiger partial charge in [0.05, 0.1) is 0 Å². The van der Waals surface area contributed by atoms with Crippen LogP contribution in [-0.4, -0.2) is 24.0 Å². The maximum atomic E-state index is 15.3. The summed E-state index contributed by atoms with van der Waals surface area (Å²) in [5.41, 5.74) is 16.3. The van der Waals surface area contributed by atoms with Crippen LogP contribution >= 0.6 is 0 Å². The van der Waals surface area contributed by atoms with E-state index in [4.69, 9.17) is 20.9 Å². The average molecular weight is 721 g/mol. The van der Waals surface area contributed by atoms with E-state index in [-0.39, 0.29) is 46.5 Å². The number of hydrogen-bond acceptors (Lipinski definition) is 6. The van der Waals surface area contributed by atoms with Gasteiger partial charge in [-0.05, 0) is 97.6 Å². The first kappa shape index (κ1) is 38.9. The molecule has 0 radical (unpaired) electrons. The highest BCUT2D eigenvalue weighted by molar-refractivity contribution is 5.73. The Bertz CT molecular complexity index is 1460. The number of fused-ring (bicyclic) bond motifs is 8. The number of carbonyl (C=O) groups excluding carboxylic acids is 2. The number of rotatable bonds is 13. The SMILES string of the molecule is C[C@@]12CCCCC[C@@H](Cc3c(F)cc(OC(=O)CCCCCCCCCCC(=O)Oc4cc(F)c5c(c4)[C@@]4(C)CCCCC[C@@H](C5)[C@@H]4N)cc31)[C@@H]2N. The molecule has 6 atom stereocenters. The lowest BCUT2D eigenvalue weighted by Crippen LogP contribution is -2.53. The molecule has 4 aliphatic rings. The first-order chi connectivity index (χ1) is 25.0. The van der Waals surface area contributed by atoms with E-state index in [1.807, 2.05) is 12.1 Å². The van der Waals surface area contributed by atoms with Crippen molar-refractivity contribution < 1.29 is 27.8 Å². The fourth-order valence-electron chi connectivity index (χ4n) is 10.2. The van der Waals surface area contributed by atoms with Crippen LogP contribution in [-0.2, 0) is 33.3 Å². The maximum Gasteiger partial charge on any atom is 0.311 e. The van der Waals surface area contributed by atoms with Crippen molar-refractivity contribution >= 4 is 11.9 Å². The second kappa shape index (κ2) is 17.1. The van der Waals surface area contributed by atoms with Gasteiger partial charge in [0.25, 0.3) is 0 Å². The molecule has 0 unspecified atom stereocenters. The first-order valence-corrected chi connectivity index (χ1v) is 20.6. The van der Waals surface area contributed by atoms with Gasteiger partial charge >= 0.3 is 11.9 Å². The molecule has 6 rings (SSSR count). The standard InChI is InChI=1S/C44H62F2N2O4/c1-43-21-15-9-11-17-29(41(43)47)23-33-35(43)25-31(27-37(33)45)51-39(49)19-13-7-5-3-4-6-8-14-20-40(50)52-32-26-36-34(38(46)28-32)24-30-18-12-10-16-22-44(36,2)42(30)48/h25-30,41-42H,3-24,47-48H2,1-2H3/t29-,30-,41-,42-,43+,44+/m0/s1. The van der Waals surface area contributed by atoms with Crippen molar-refractivity contribution in [2.24, 2.45) is 23.3 Å². The molecule has 4 N–H and O–H groups in total. The van der Waals surface area contributed by atoms with E-state index in [1.165, 1.54) is 25.0 Å². The Morgan fingerprint density at radius 1 is 0.615 bits per heavy atom. The Hall–Kier alpha value is -2.84. The van der Waals surface area contributed by atoms with Gasteiger partial charge < -0.3 is 20.9 Å². The second-order valence-corrected chi connectivity index (χ2v) is 17.2. The summed E-state index contributed by atoms with van der Waals surface area (Å²) in [5.74, 6) is -0.0324. The van der Waals surface area contributed by atoms with Crippen LogP contribution in [0.1, 0.15) is 165 Å². The monoisotopic (exact) mass is 720 g/mol. The molecule has 2 aromatic rings. The fourth-order valence-corrected chi connectivity index (χ4v) is 10.2. The van der Waals surface area contributed by atoms with Gasteiger partial charge in [0, 0.05) is 47.9 Å². The summed E-state index contributed by atoms with van der Waals surface area (Å²) in [6, 6.07) is 6.49. The van der Waals surface area contributed by atoms with Gasteiger partial charge in [0.2, 0.25) is 0 Å². The van der Waals surface area contributed by atoms with Crippen molar-refractivity contribution in [2.75, 3.05) is 0 Å². The first-order valence-electron chi connectivity index (χ1n) is 20.6. The summed E-state index contributed by atoms with van der Waals surface area (Å²) in [6.45, 7) is 4.32. The molecule has 0 aliphatic heterocycles. The maximum absolute atomic E-state index is 15.3. The lowest BCUT2D eigenvalue weighted by atomic mass is 9.60. The third-order valence-corrected chi connectivity index (χ3v) is 13.5. The van der Waals surface area contributed by atoms with E-state index in [9.17, 15) is 9.59 Å².